The Hall–Kier alpha value is -0.0800. The van der Waals surface area contributed by atoms with Crippen LogP contribution >= 0.6 is 0 Å². The van der Waals surface area contributed by atoms with Crippen LogP contribution in [0.15, 0.2) is 0 Å². The molecule has 2 nitrogen and oxygen atoms in total. The molecule has 2 N–H and O–H groups in total. The molecular formula is C17H34N2. The molecule has 2 fully saturated rings. The van der Waals surface area contributed by atoms with Crippen molar-refractivity contribution in [3.8, 4) is 0 Å². The van der Waals surface area contributed by atoms with E-state index in [1.165, 1.54) is 64.5 Å². The molecule has 19 heavy (non-hydrogen) atoms. The second kappa shape index (κ2) is 7.64. The standard InChI is InChI=1S/C17H34N2/c1-3-5-15-6-4-10-19(11-9-15)17-12-14(2)7-8-16(17)13-18/h14-17H,3-13,18H2,1-2H3. The summed E-state index contributed by atoms with van der Waals surface area (Å²) in [5.74, 6) is 2.66. The number of hydrogen-bond acceptors (Lipinski definition) is 2. The van der Waals surface area contributed by atoms with Crippen LogP contribution in [0.1, 0.15) is 65.2 Å². The lowest BCUT2D eigenvalue weighted by Gasteiger charge is -2.41. The van der Waals surface area contributed by atoms with E-state index >= 15 is 0 Å². The van der Waals surface area contributed by atoms with Crippen molar-refractivity contribution in [3.05, 3.63) is 0 Å². The Morgan fingerprint density at radius 2 is 1.95 bits per heavy atom. The summed E-state index contributed by atoms with van der Waals surface area (Å²) in [7, 11) is 0. The van der Waals surface area contributed by atoms with E-state index in [9.17, 15) is 0 Å². The zero-order chi connectivity index (χ0) is 13.7. The minimum absolute atomic E-state index is 0.763. The molecule has 0 spiro atoms. The molecule has 0 amide bonds. The van der Waals surface area contributed by atoms with Gasteiger partial charge in [0.25, 0.3) is 0 Å². The topological polar surface area (TPSA) is 29.3 Å². The highest BCUT2D eigenvalue weighted by Crippen LogP contribution is 2.33. The van der Waals surface area contributed by atoms with E-state index in [4.69, 9.17) is 5.73 Å². The van der Waals surface area contributed by atoms with Gasteiger partial charge in [-0.3, -0.25) is 0 Å². The molecule has 1 saturated carbocycles. The molecule has 1 aliphatic heterocycles. The molecule has 0 radical (unpaired) electrons. The Labute approximate surface area is 120 Å². The predicted molar refractivity (Wildman–Crippen MR) is 83.2 cm³/mol. The summed E-state index contributed by atoms with van der Waals surface area (Å²) in [5.41, 5.74) is 6.03. The second-order valence-corrected chi connectivity index (χ2v) is 7.10. The van der Waals surface area contributed by atoms with Crippen molar-refractivity contribution < 1.29 is 0 Å². The molecule has 112 valence electrons. The summed E-state index contributed by atoms with van der Waals surface area (Å²) in [6.07, 6.45) is 11.2. The monoisotopic (exact) mass is 266 g/mol. The molecule has 0 aromatic carbocycles. The summed E-state index contributed by atoms with van der Waals surface area (Å²) in [5, 5.41) is 0. The molecule has 2 rings (SSSR count). The predicted octanol–water partition coefficient (Wildman–Crippen LogP) is 3.65. The van der Waals surface area contributed by atoms with E-state index in [1.807, 2.05) is 0 Å². The van der Waals surface area contributed by atoms with Crippen molar-refractivity contribution in [2.45, 2.75) is 71.3 Å². The Kier molecular flexibility index (Phi) is 6.15. The van der Waals surface area contributed by atoms with Crippen LogP contribution in [-0.4, -0.2) is 30.6 Å². The second-order valence-electron chi connectivity index (χ2n) is 7.10. The zero-order valence-electron chi connectivity index (χ0n) is 13.1. The lowest BCUT2D eigenvalue weighted by Crippen LogP contribution is -2.47. The van der Waals surface area contributed by atoms with Gasteiger partial charge in [0.15, 0.2) is 0 Å². The van der Waals surface area contributed by atoms with E-state index in [-0.39, 0.29) is 0 Å². The van der Waals surface area contributed by atoms with Crippen LogP contribution in [0.2, 0.25) is 0 Å². The highest BCUT2D eigenvalue weighted by Gasteiger charge is 2.32. The van der Waals surface area contributed by atoms with Crippen LogP contribution in [0.25, 0.3) is 0 Å². The minimum Gasteiger partial charge on any atom is -0.330 e. The third-order valence-electron chi connectivity index (χ3n) is 5.57. The molecule has 2 aliphatic rings. The minimum atomic E-state index is 0.763. The Morgan fingerprint density at radius 1 is 1.11 bits per heavy atom. The van der Waals surface area contributed by atoms with Gasteiger partial charge >= 0.3 is 0 Å². The molecule has 1 aliphatic carbocycles. The fraction of sp³-hybridized carbons (Fsp3) is 1.00. The third-order valence-corrected chi connectivity index (χ3v) is 5.57. The van der Waals surface area contributed by atoms with Gasteiger partial charge in [0, 0.05) is 6.04 Å². The highest BCUT2D eigenvalue weighted by molar-refractivity contribution is 4.87. The summed E-state index contributed by atoms with van der Waals surface area (Å²) in [4.78, 5) is 2.81. The van der Waals surface area contributed by atoms with Crippen LogP contribution in [0.4, 0.5) is 0 Å². The molecular weight excluding hydrogens is 232 g/mol. The normalized spacial score (nSPS) is 38.1. The molecule has 1 heterocycles. The van der Waals surface area contributed by atoms with E-state index in [1.54, 1.807) is 0 Å². The number of hydrogen-bond donors (Lipinski definition) is 1. The van der Waals surface area contributed by atoms with Gasteiger partial charge in [0.05, 0.1) is 0 Å². The van der Waals surface area contributed by atoms with Crippen LogP contribution in [0.3, 0.4) is 0 Å². The largest absolute Gasteiger partial charge is 0.330 e. The highest BCUT2D eigenvalue weighted by atomic mass is 15.2. The number of nitrogens with zero attached hydrogens (tertiary/aromatic N) is 1. The molecule has 4 unspecified atom stereocenters. The summed E-state index contributed by atoms with van der Waals surface area (Å²) in [6.45, 7) is 8.31. The van der Waals surface area contributed by atoms with Gasteiger partial charge in [-0.15, -0.1) is 0 Å². The number of nitrogens with two attached hydrogens (primary N) is 1. The first-order chi connectivity index (χ1) is 9.24. The van der Waals surface area contributed by atoms with Crippen LogP contribution < -0.4 is 5.73 Å². The molecule has 0 aromatic rings. The fourth-order valence-corrected chi connectivity index (χ4v) is 4.35. The van der Waals surface area contributed by atoms with Crippen LogP contribution in [0.5, 0.6) is 0 Å². The van der Waals surface area contributed by atoms with E-state index in [2.05, 4.69) is 18.7 Å². The first kappa shape index (κ1) is 15.3. The lowest BCUT2D eigenvalue weighted by atomic mass is 9.78. The number of rotatable bonds is 4. The van der Waals surface area contributed by atoms with Crippen LogP contribution in [-0.2, 0) is 0 Å². The van der Waals surface area contributed by atoms with Crippen LogP contribution in [0, 0.1) is 17.8 Å². The van der Waals surface area contributed by atoms with Gasteiger partial charge < -0.3 is 10.6 Å². The summed E-state index contributed by atoms with van der Waals surface area (Å²) in [6, 6.07) is 0.786. The maximum absolute atomic E-state index is 6.03. The first-order valence-electron chi connectivity index (χ1n) is 8.68. The average molecular weight is 266 g/mol. The van der Waals surface area contributed by atoms with E-state index < -0.39 is 0 Å². The number of likely N-dealkylation sites (tertiary alicyclic amines) is 1. The van der Waals surface area contributed by atoms with Gasteiger partial charge in [-0.25, -0.2) is 0 Å². The van der Waals surface area contributed by atoms with Crippen molar-refractivity contribution in [2.24, 2.45) is 23.5 Å². The smallest absolute Gasteiger partial charge is 0.0138 e. The molecule has 1 saturated heterocycles. The first-order valence-corrected chi connectivity index (χ1v) is 8.68. The van der Waals surface area contributed by atoms with Crippen molar-refractivity contribution in [1.82, 2.24) is 4.90 Å². The lowest BCUT2D eigenvalue weighted by molar-refractivity contribution is 0.0878. The third kappa shape index (κ3) is 4.19. The Balaban J connectivity index is 1.91. The Bertz CT molecular complexity index is 254. The molecule has 0 bridgehead atoms. The molecule has 0 aromatic heterocycles. The van der Waals surface area contributed by atoms with Gasteiger partial charge in [0.1, 0.15) is 0 Å². The zero-order valence-corrected chi connectivity index (χ0v) is 13.1. The summed E-state index contributed by atoms with van der Waals surface area (Å²) >= 11 is 0. The fourth-order valence-electron chi connectivity index (χ4n) is 4.35. The average Bonchev–Trinajstić information content (AvgIpc) is 2.65. The van der Waals surface area contributed by atoms with Gasteiger partial charge in [-0.2, -0.15) is 0 Å². The maximum atomic E-state index is 6.03. The quantitative estimate of drug-likeness (QED) is 0.841. The Morgan fingerprint density at radius 3 is 2.68 bits per heavy atom. The van der Waals surface area contributed by atoms with E-state index in [0.29, 0.717) is 0 Å². The molecule has 4 atom stereocenters. The van der Waals surface area contributed by atoms with E-state index in [0.717, 1.165) is 30.3 Å². The van der Waals surface area contributed by atoms with Crippen molar-refractivity contribution >= 4 is 0 Å². The van der Waals surface area contributed by atoms with Gasteiger partial charge in [-0.1, -0.05) is 33.1 Å². The SMILES string of the molecule is CCCC1CCCN(C2CC(C)CCC2CN)CC1. The summed E-state index contributed by atoms with van der Waals surface area (Å²) < 4.78 is 0. The van der Waals surface area contributed by atoms with Crippen molar-refractivity contribution in [3.63, 3.8) is 0 Å². The maximum Gasteiger partial charge on any atom is 0.0138 e. The molecule has 2 heteroatoms. The van der Waals surface area contributed by atoms with Crippen molar-refractivity contribution in [2.75, 3.05) is 19.6 Å². The van der Waals surface area contributed by atoms with Gasteiger partial charge in [-0.05, 0) is 69.5 Å². The van der Waals surface area contributed by atoms with Gasteiger partial charge in [0.2, 0.25) is 0 Å². The van der Waals surface area contributed by atoms with Crippen molar-refractivity contribution in [1.29, 1.82) is 0 Å².